The Morgan fingerprint density at radius 3 is 2.19 bits per heavy atom. The van der Waals surface area contributed by atoms with Crippen LogP contribution in [-0.2, 0) is 24.5 Å². The summed E-state index contributed by atoms with van der Waals surface area (Å²) < 4.78 is 21.9. The van der Waals surface area contributed by atoms with Crippen LogP contribution in [0.4, 0.5) is 0 Å². The van der Waals surface area contributed by atoms with Gasteiger partial charge in [-0.1, -0.05) is 0 Å². The molecule has 4 saturated carbocycles. The molecule has 32 heavy (non-hydrogen) atoms. The van der Waals surface area contributed by atoms with Gasteiger partial charge in [0.2, 0.25) is 11.6 Å². The number of ether oxygens (including phenoxy) is 4. The van der Waals surface area contributed by atoms with E-state index in [0.29, 0.717) is 11.3 Å². The lowest BCUT2D eigenvalue weighted by molar-refractivity contribution is -0.137. The Bertz CT molecular complexity index is 971. The summed E-state index contributed by atoms with van der Waals surface area (Å²) in [7, 11) is 3.16. The first-order valence-corrected chi connectivity index (χ1v) is 11.2. The molecule has 7 nitrogen and oxygen atoms in total. The number of carbonyl (C=O) groups excluding carboxylic acids is 3. The van der Waals surface area contributed by atoms with Gasteiger partial charge in [-0.25, -0.2) is 4.79 Å². The third-order valence-electron chi connectivity index (χ3n) is 7.65. The van der Waals surface area contributed by atoms with Gasteiger partial charge in [0.1, 0.15) is 29.4 Å². The number of ketones is 2. The van der Waals surface area contributed by atoms with Crippen molar-refractivity contribution < 1.29 is 33.3 Å². The monoisotopic (exact) mass is 440 g/mol. The van der Waals surface area contributed by atoms with Gasteiger partial charge in [0, 0.05) is 17.7 Å². The quantitative estimate of drug-likeness (QED) is 0.495. The van der Waals surface area contributed by atoms with E-state index >= 15 is 0 Å². The maximum absolute atomic E-state index is 13.0. The molecular weight excluding hydrogens is 412 g/mol. The van der Waals surface area contributed by atoms with Gasteiger partial charge in [-0.15, -0.1) is 0 Å². The minimum atomic E-state index is -0.645. The Balaban J connectivity index is 1.44. The van der Waals surface area contributed by atoms with Gasteiger partial charge in [-0.3, -0.25) is 9.59 Å². The summed E-state index contributed by atoms with van der Waals surface area (Å²) in [6.45, 7) is -0.552. The lowest BCUT2D eigenvalue weighted by Crippen LogP contribution is -2.48. The first-order valence-electron chi connectivity index (χ1n) is 11.2. The lowest BCUT2D eigenvalue weighted by atomic mass is 9.48. The number of esters is 1. The highest BCUT2D eigenvalue weighted by Crippen LogP contribution is 2.62. The number of allylic oxidation sites excluding steroid dienone is 1. The van der Waals surface area contributed by atoms with Gasteiger partial charge in [0.05, 0.1) is 14.2 Å². The smallest absolute Gasteiger partial charge is 0.342 e. The Hall–Kier alpha value is -2.83. The maximum atomic E-state index is 13.0. The van der Waals surface area contributed by atoms with Crippen molar-refractivity contribution in [3.05, 3.63) is 35.1 Å². The molecule has 1 aliphatic heterocycles. The van der Waals surface area contributed by atoms with E-state index in [0.717, 1.165) is 54.4 Å². The Morgan fingerprint density at radius 2 is 1.62 bits per heavy atom. The standard InChI is InChI=1S/C25H28O7/c1-29-22-8-23(30-2)19(25-9-14-3-15(10-25)5-16(4-14)11-25)7-18(22)24(28)32-12-17-6-20(26)21(27)13-31-17/h6-8,14-16H,3-5,9-13H2,1-2H3. The topological polar surface area (TPSA) is 88.1 Å². The number of carbonyl (C=O) groups is 3. The van der Waals surface area contributed by atoms with E-state index in [9.17, 15) is 14.4 Å². The van der Waals surface area contributed by atoms with Gasteiger partial charge >= 0.3 is 5.97 Å². The van der Waals surface area contributed by atoms with Gasteiger partial charge in [-0.2, -0.15) is 0 Å². The molecule has 4 fully saturated rings. The van der Waals surface area contributed by atoms with Crippen LogP contribution in [0.25, 0.3) is 0 Å². The van der Waals surface area contributed by atoms with Crippen LogP contribution in [0.1, 0.15) is 54.4 Å². The van der Waals surface area contributed by atoms with E-state index in [2.05, 4.69) is 0 Å². The van der Waals surface area contributed by atoms with Crippen LogP contribution in [0, 0.1) is 17.8 Å². The minimum absolute atomic E-state index is 0.0309. The molecule has 1 heterocycles. The Labute approximate surface area is 187 Å². The van der Waals surface area contributed by atoms with Crippen LogP contribution in [0.15, 0.2) is 24.0 Å². The fourth-order valence-corrected chi connectivity index (χ4v) is 6.71. The largest absolute Gasteiger partial charge is 0.496 e. The van der Waals surface area contributed by atoms with Crippen LogP contribution >= 0.6 is 0 Å². The second-order valence-electron chi connectivity index (χ2n) is 9.71. The predicted molar refractivity (Wildman–Crippen MR) is 114 cm³/mol. The molecule has 4 bridgehead atoms. The zero-order valence-corrected chi connectivity index (χ0v) is 18.5. The molecular formula is C25H28O7. The number of rotatable bonds is 6. The summed E-state index contributed by atoms with van der Waals surface area (Å²) in [4.78, 5) is 35.9. The predicted octanol–water partition coefficient (Wildman–Crippen LogP) is 3.38. The van der Waals surface area contributed by atoms with Crippen molar-refractivity contribution in [2.75, 3.05) is 27.4 Å². The van der Waals surface area contributed by atoms with Crippen molar-refractivity contribution in [3.63, 3.8) is 0 Å². The van der Waals surface area contributed by atoms with Gasteiger partial charge in [0.25, 0.3) is 0 Å². The first kappa shape index (κ1) is 21.0. The third-order valence-corrected chi connectivity index (χ3v) is 7.65. The molecule has 0 spiro atoms. The zero-order chi connectivity index (χ0) is 22.5. The molecule has 0 atom stereocenters. The fraction of sp³-hybridized carbons (Fsp3) is 0.560. The van der Waals surface area contributed by atoms with Gasteiger partial charge in [-0.05, 0) is 67.8 Å². The van der Waals surface area contributed by atoms with E-state index in [-0.39, 0.29) is 24.4 Å². The van der Waals surface area contributed by atoms with E-state index in [1.165, 1.54) is 26.4 Å². The second-order valence-corrected chi connectivity index (χ2v) is 9.71. The molecule has 0 saturated heterocycles. The second kappa shape index (κ2) is 7.94. The summed E-state index contributed by atoms with van der Waals surface area (Å²) in [5.41, 5.74) is 1.43. The van der Waals surface area contributed by atoms with Crippen molar-refractivity contribution in [3.8, 4) is 11.5 Å². The molecule has 6 rings (SSSR count). The normalized spacial score (nSPS) is 30.6. The maximum Gasteiger partial charge on any atom is 0.342 e. The van der Waals surface area contributed by atoms with Crippen molar-refractivity contribution >= 4 is 17.5 Å². The average Bonchev–Trinajstić information content (AvgIpc) is 2.77. The van der Waals surface area contributed by atoms with Crippen LogP contribution < -0.4 is 9.47 Å². The molecule has 1 aromatic carbocycles. The molecule has 0 unspecified atom stereocenters. The first-order chi connectivity index (χ1) is 15.4. The average molecular weight is 440 g/mol. The molecule has 0 amide bonds. The number of hydrogen-bond donors (Lipinski definition) is 0. The highest BCUT2D eigenvalue weighted by Gasteiger charge is 2.52. The van der Waals surface area contributed by atoms with Crippen molar-refractivity contribution in [2.45, 2.75) is 43.9 Å². The molecule has 1 aromatic rings. The van der Waals surface area contributed by atoms with E-state index < -0.39 is 17.5 Å². The molecule has 4 aliphatic carbocycles. The Morgan fingerprint density at radius 1 is 1.00 bits per heavy atom. The Kier molecular flexibility index (Phi) is 5.22. The summed E-state index contributed by atoms with van der Waals surface area (Å²) in [6.07, 6.45) is 8.44. The van der Waals surface area contributed by atoms with Crippen LogP contribution in [0.5, 0.6) is 11.5 Å². The molecule has 170 valence electrons. The number of methoxy groups -OCH3 is 2. The lowest BCUT2D eigenvalue weighted by Gasteiger charge is -2.57. The minimum Gasteiger partial charge on any atom is -0.496 e. The SMILES string of the molecule is COc1cc(OC)c(C23CC4CC(CC(C4)C2)C3)cc1C(=O)OCC1=CC(=O)C(=O)CO1. The highest BCUT2D eigenvalue weighted by molar-refractivity contribution is 6.42. The summed E-state index contributed by atoms with van der Waals surface area (Å²) in [5.74, 6) is 1.72. The number of hydrogen-bond acceptors (Lipinski definition) is 7. The van der Waals surface area contributed by atoms with Gasteiger partial charge < -0.3 is 18.9 Å². The molecule has 0 radical (unpaired) electrons. The number of benzene rings is 1. The third kappa shape index (κ3) is 3.57. The van der Waals surface area contributed by atoms with Crippen LogP contribution in [0.2, 0.25) is 0 Å². The van der Waals surface area contributed by atoms with E-state index in [1.807, 2.05) is 6.07 Å². The highest BCUT2D eigenvalue weighted by atomic mass is 16.6. The zero-order valence-electron chi connectivity index (χ0n) is 18.5. The van der Waals surface area contributed by atoms with Crippen LogP contribution in [-0.4, -0.2) is 45.0 Å². The van der Waals surface area contributed by atoms with Crippen LogP contribution in [0.3, 0.4) is 0 Å². The van der Waals surface area contributed by atoms with E-state index in [4.69, 9.17) is 18.9 Å². The molecule has 7 heteroatoms. The molecule has 5 aliphatic rings. The number of Topliss-reactive ketones (excluding diaryl/α,β-unsaturated/α-hetero) is 1. The summed E-state index contributed by atoms with van der Waals surface area (Å²) >= 11 is 0. The molecule has 0 aromatic heterocycles. The van der Waals surface area contributed by atoms with Crippen molar-refractivity contribution in [2.24, 2.45) is 17.8 Å². The summed E-state index contributed by atoms with van der Waals surface area (Å²) in [6, 6.07) is 3.67. The molecule has 0 N–H and O–H groups in total. The summed E-state index contributed by atoms with van der Waals surface area (Å²) in [5, 5.41) is 0. The fourth-order valence-electron chi connectivity index (χ4n) is 6.71. The van der Waals surface area contributed by atoms with Crippen molar-refractivity contribution in [1.29, 1.82) is 0 Å². The van der Waals surface area contributed by atoms with E-state index in [1.54, 1.807) is 13.2 Å². The van der Waals surface area contributed by atoms with Gasteiger partial charge in [0.15, 0.2) is 6.61 Å². The van der Waals surface area contributed by atoms with Crippen molar-refractivity contribution in [1.82, 2.24) is 0 Å².